The Bertz CT molecular complexity index is 841. The summed E-state index contributed by atoms with van der Waals surface area (Å²) >= 11 is 0. The van der Waals surface area contributed by atoms with Crippen molar-refractivity contribution in [2.24, 2.45) is 4.99 Å². The summed E-state index contributed by atoms with van der Waals surface area (Å²) in [5, 5.41) is 0. The van der Waals surface area contributed by atoms with Crippen LogP contribution in [0.1, 0.15) is 82.6 Å². The first-order valence-corrected chi connectivity index (χ1v) is 14.2. The molecule has 0 amide bonds. The van der Waals surface area contributed by atoms with E-state index in [2.05, 4.69) is 105 Å². The molecule has 3 heteroatoms. The van der Waals surface area contributed by atoms with Crippen molar-refractivity contribution in [2.75, 3.05) is 0 Å². The van der Waals surface area contributed by atoms with Gasteiger partial charge in [-0.25, -0.2) is 0 Å². The van der Waals surface area contributed by atoms with E-state index in [1.165, 1.54) is 16.7 Å². The summed E-state index contributed by atoms with van der Waals surface area (Å²) in [6.07, 6.45) is 2.01. The lowest BCUT2D eigenvalue weighted by Crippen LogP contribution is -2.31. The number of hydrogen-bond donors (Lipinski definition) is 0. The Labute approximate surface area is 179 Å². The van der Waals surface area contributed by atoms with Gasteiger partial charge in [0.05, 0.1) is 5.69 Å². The molecule has 0 saturated carbocycles. The summed E-state index contributed by atoms with van der Waals surface area (Å²) in [4.78, 5) is 5.04. The molecular weight excluding hydrogens is 370 g/mol. The smallest absolute Gasteiger partial charge is 0.242 e. The second kappa shape index (κ2) is 8.87. The number of benzene rings is 2. The van der Waals surface area contributed by atoms with Gasteiger partial charge < -0.3 is 4.43 Å². The second-order valence-electron chi connectivity index (χ2n) is 10.5. The minimum absolute atomic E-state index is 0.0117. The van der Waals surface area contributed by atoms with E-state index in [1.54, 1.807) is 0 Å². The minimum Gasteiger partial charge on any atom is -0.544 e. The van der Waals surface area contributed by atoms with E-state index in [0.29, 0.717) is 11.8 Å². The molecule has 0 saturated heterocycles. The number of aliphatic imine (C=N–C) groups is 1. The van der Waals surface area contributed by atoms with Crippen LogP contribution in [0, 0.1) is 0 Å². The fraction of sp³-hybridized carbons (Fsp3) is 0.500. The van der Waals surface area contributed by atoms with Gasteiger partial charge in [-0.2, -0.15) is 0 Å². The van der Waals surface area contributed by atoms with Crippen molar-refractivity contribution in [3.8, 4) is 5.75 Å². The molecule has 0 fully saturated rings. The van der Waals surface area contributed by atoms with Gasteiger partial charge in [-0.1, -0.05) is 78.8 Å². The average molecular weight is 410 g/mol. The Morgan fingerprint density at radius 3 is 1.83 bits per heavy atom. The summed E-state index contributed by atoms with van der Waals surface area (Å²) in [5.74, 6) is 1.86. The second-order valence-corrected chi connectivity index (χ2v) is 15.0. The first-order valence-electron chi connectivity index (χ1n) is 10.8. The van der Waals surface area contributed by atoms with E-state index in [0.717, 1.165) is 17.0 Å². The maximum atomic E-state index is 6.58. The number of nitrogens with zero attached hydrogens (tertiary/aromatic N) is 1. The Hall–Kier alpha value is -1.87. The van der Waals surface area contributed by atoms with Crippen molar-refractivity contribution in [3.05, 3.63) is 58.7 Å². The van der Waals surface area contributed by atoms with Crippen molar-refractivity contribution in [1.82, 2.24) is 0 Å². The Kier molecular flexibility index (Phi) is 7.16. The standard InChI is InChI=1S/C26H39NOSi/c1-18(2)21-14-12-15-22(19(3)4)24(21)27-17-20-13-11-16-23(26(5,6)7)25(20)28-29(8,9)10/h11-19H,1-10H3. The first kappa shape index (κ1) is 23.4. The van der Waals surface area contributed by atoms with Crippen LogP contribution in [0.4, 0.5) is 5.69 Å². The summed E-state index contributed by atoms with van der Waals surface area (Å²) in [6.45, 7) is 22.4. The molecule has 0 aliphatic heterocycles. The van der Waals surface area contributed by atoms with Crippen LogP contribution in [0.25, 0.3) is 0 Å². The zero-order chi connectivity index (χ0) is 22.0. The molecular formula is C26H39NOSi. The van der Waals surface area contributed by atoms with E-state index < -0.39 is 8.32 Å². The zero-order valence-electron chi connectivity index (χ0n) is 20.1. The van der Waals surface area contributed by atoms with Crippen LogP contribution >= 0.6 is 0 Å². The normalized spacial score (nSPS) is 13.0. The molecule has 2 nitrogen and oxygen atoms in total. The van der Waals surface area contributed by atoms with E-state index in [-0.39, 0.29) is 5.41 Å². The SMILES string of the molecule is CC(C)c1cccc(C(C)C)c1N=Cc1cccc(C(C)(C)C)c1O[Si](C)(C)C. The predicted octanol–water partition coefficient (Wildman–Crippen LogP) is 8.20. The highest BCUT2D eigenvalue weighted by Gasteiger charge is 2.25. The van der Waals surface area contributed by atoms with Crippen molar-refractivity contribution in [1.29, 1.82) is 0 Å². The third-order valence-electron chi connectivity index (χ3n) is 4.94. The third-order valence-corrected chi connectivity index (χ3v) is 5.75. The number of para-hydroxylation sites is 2. The highest BCUT2D eigenvalue weighted by Crippen LogP contribution is 2.37. The van der Waals surface area contributed by atoms with Gasteiger partial charge in [-0.15, -0.1) is 0 Å². The van der Waals surface area contributed by atoms with Crippen molar-refractivity contribution >= 4 is 20.2 Å². The quantitative estimate of drug-likeness (QED) is 0.348. The Morgan fingerprint density at radius 2 is 1.38 bits per heavy atom. The molecule has 158 valence electrons. The van der Waals surface area contributed by atoms with Crippen molar-refractivity contribution in [3.63, 3.8) is 0 Å². The highest BCUT2D eigenvalue weighted by molar-refractivity contribution is 6.70. The Morgan fingerprint density at radius 1 is 0.862 bits per heavy atom. The molecule has 2 rings (SSSR count). The van der Waals surface area contributed by atoms with Crippen LogP contribution in [-0.2, 0) is 5.41 Å². The van der Waals surface area contributed by atoms with Crippen LogP contribution in [-0.4, -0.2) is 14.5 Å². The van der Waals surface area contributed by atoms with Gasteiger partial charge in [0.2, 0.25) is 8.32 Å². The molecule has 29 heavy (non-hydrogen) atoms. The van der Waals surface area contributed by atoms with Crippen LogP contribution < -0.4 is 4.43 Å². The number of hydrogen-bond acceptors (Lipinski definition) is 2. The lowest BCUT2D eigenvalue weighted by atomic mass is 9.85. The van der Waals surface area contributed by atoms with Crippen molar-refractivity contribution < 1.29 is 4.43 Å². The summed E-state index contributed by atoms with van der Waals surface area (Å²) in [6, 6.07) is 13.0. The van der Waals surface area contributed by atoms with Crippen LogP contribution in [0.3, 0.4) is 0 Å². The first-order chi connectivity index (χ1) is 13.3. The molecule has 0 spiro atoms. The van der Waals surface area contributed by atoms with Gasteiger partial charge >= 0.3 is 0 Å². The Balaban J connectivity index is 2.65. The molecule has 2 aromatic rings. The topological polar surface area (TPSA) is 21.6 Å². The molecule has 0 N–H and O–H groups in total. The molecule has 0 bridgehead atoms. The average Bonchev–Trinajstić information content (AvgIpc) is 2.57. The van der Waals surface area contributed by atoms with Gasteiger partial charge in [-0.05, 0) is 59.6 Å². The molecule has 0 aromatic heterocycles. The van der Waals surface area contributed by atoms with E-state index >= 15 is 0 Å². The zero-order valence-corrected chi connectivity index (χ0v) is 21.1. The van der Waals surface area contributed by atoms with Crippen LogP contribution in [0.5, 0.6) is 5.75 Å². The molecule has 0 radical (unpaired) electrons. The number of rotatable bonds is 6. The van der Waals surface area contributed by atoms with Crippen LogP contribution in [0.2, 0.25) is 19.6 Å². The maximum Gasteiger partial charge on any atom is 0.242 e. The largest absolute Gasteiger partial charge is 0.544 e. The van der Waals surface area contributed by atoms with Crippen molar-refractivity contribution in [2.45, 2.75) is 85.4 Å². The molecule has 2 aromatic carbocycles. The highest BCUT2D eigenvalue weighted by atomic mass is 28.4. The fourth-order valence-corrected chi connectivity index (χ4v) is 4.30. The third kappa shape index (κ3) is 6.05. The summed E-state index contributed by atoms with van der Waals surface area (Å²) in [5.41, 5.74) is 6.02. The molecule has 0 atom stereocenters. The summed E-state index contributed by atoms with van der Waals surface area (Å²) in [7, 11) is -1.77. The van der Waals surface area contributed by atoms with Gasteiger partial charge in [-0.3, -0.25) is 4.99 Å². The van der Waals surface area contributed by atoms with E-state index in [4.69, 9.17) is 9.42 Å². The van der Waals surface area contributed by atoms with Gasteiger partial charge in [0.1, 0.15) is 5.75 Å². The lowest BCUT2D eigenvalue weighted by Gasteiger charge is -2.28. The minimum atomic E-state index is -1.77. The lowest BCUT2D eigenvalue weighted by molar-refractivity contribution is 0.507. The van der Waals surface area contributed by atoms with Crippen LogP contribution in [0.15, 0.2) is 41.4 Å². The molecule has 0 aliphatic rings. The van der Waals surface area contributed by atoms with E-state index in [9.17, 15) is 0 Å². The monoisotopic (exact) mass is 409 g/mol. The van der Waals surface area contributed by atoms with Gasteiger partial charge in [0.15, 0.2) is 0 Å². The predicted molar refractivity (Wildman–Crippen MR) is 131 cm³/mol. The molecule has 0 unspecified atom stereocenters. The molecule has 0 heterocycles. The van der Waals surface area contributed by atoms with Gasteiger partial charge in [0.25, 0.3) is 0 Å². The van der Waals surface area contributed by atoms with Gasteiger partial charge in [0, 0.05) is 11.8 Å². The maximum absolute atomic E-state index is 6.58. The van der Waals surface area contributed by atoms with E-state index in [1.807, 2.05) is 6.21 Å². The molecule has 0 aliphatic carbocycles. The summed E-state index contributed by atoms with van der Waals surface area (Å²) < 4.78 is 6.58. The fourth-order valence-electron chi connectivity index (χ4n) is 3.46.